The van der Waals surface area contributed by atoms with Crippen LogP contribution in [0.15, 0.2) is 18.2 Å². The highest BCUT2D eigenvalue weighted by Crippen LogP contribution is 2.27. The number of nitro groups is 1. The summed E-state index contributed by atoms with van der Waals surface area (Å²) in [4.78, 5) is 23.5. The predicted molar refractivity (Wildman–Crippen MR) is 83.0 cm³/mol. The number of nitro benzene ring substituents is 1. The highest BCUT2D eigenvalue weighted by Gasteiger charge is 2.28. The summed E-state index contributed by atoms with van der Waals surface area (Å²) in [6, 6.07) is 3.42. The molecule has 1 aromatic rings. The van der Waals surface area contributed by atoms with Crippen molar-refractivity contribution in [2.75, 3.05) is 18.0 Å². The van der Waals surface area contributed by atoms with Crippen LogP contribution in [0.2, 0.25) is 0 Å². The summed E-state index contributed by atoms with van der Waals surface area (Å²) < 4.78 is 19.2. The number of anilines is 1. The van der Waals surface area contributed by atoms with Gasteiger partial charge in [-0.2, -0.15) is 0 Å². The Bertz CT molecular complexity index is 615. The van der Waals surface area contributed by atoms with E-state index in [1.165, 1.54) is 12.1 Å². The van der Waals surface area contributed by atoms with Gasteiger partial charge in [-0.25, -0.2) is 9.18 Å². The zero-order chi connectivity index (χ0) is 17.2. The van der Waals surface area contributed by atoms with Crippen LogP contribution in [0.25, 0.3) is 0 Å². The van der Waals surface area contributed by atoms with Crippen molar-refractivity contribution in [1.29, 1.82) is 0 Å². The quantitative estimate of drug-likeness (QED) is 0.682. The van der Waals surface area contributed by atoms with E-state index >= 15 is 0 Å². The first-order valence-corrected chi connectivity index (χ1v) is 7.34. The Morgan fingerprint density at radius 3 is 2.74 bits per heavy atom. The van der Waals surface area contributed by atoms with Gasteiger partial charge in [0.05, 0.1) is 22.7 Å². The van der Waals surface area contributed by atoms with Gasteiger partial charge in [0, 0.05) is 19.2 Å². The molecule has 1 heterocycles. The third-order valence-electron chi connectivity index (χ3n) is 3.39. The second-order valence-corrected chi connectivity index (χ2v) is 6.47. The summed E-state index contributed by atoms with van der Waals surface area (Å²) in [5.41, 5.74) is -0.565. The average Bonchev–Trinajstić information content (AvgIpc) is 2.84. The largest absolute Gasteiger partial charge is 0.444 e. The van der Waals surface area contributed by atoms with Gasteiger partial charge in [0.15, 0.2) is 5.82 Å². The van der Waals surface area contributed by atoms with Crippen LogP contribution in [0.1, 0.15) is 27.2 Å². The van der Waals surface area contributed by atoms with E-state index in [0.717, 1.165) is 6.07 Å². The zero-order valence-electron chi connectivity index (χ0n) is 13.3. The first kappa shape index (κ1) is 17.0. The predicted octanol–water partition coefficient (Wildman–Crippen LogP) is 2.84. The number of hydrogen-bond donors (Lipinski definition) is 1. The average molecular weight is 325 g/mol. The molecule has 1 aliphatic heterocycles. The lowest BCUT2D eigenvalue weighted by molar-refractivity contribution is -0.385. The molecular formula is C15H20FN3O4. The number of benzene rings is 1. The number of amides is 1. The van der Waals surface area contributed by atoms with Crippen LogP contribution in [0.3, 0.4) is 0 Å². The smallest absolute Gasteiger partial charge is 0.407 e. The van der Waals surface area contributed by atoms with E-state index in [-0.39, 0.29) is 11.7 Å². The van der Waals surface area contributed by atoms with Crippen LogP contribution in [0.4, 0.5) is 20.6 Å². The lowest BCUT2D eigenvalue weighted by Crippen LogP contribution is -2.40. The van der Waals surface area contributed by atoms with Crippen LogP contribution in [-0.4, -0.2) is 35.7 Å². The van der Waals surface area contributed by atoms with Gasteiger partial charge in [0.25, 0.3) is 5.69 Å². The van der Waals surface area contributed by atoms with E-state index < -0.39 is 22.4 Å². The summed E-state index contributed by atoms with van der Waals surface area (Å²) in [5, 5.41) is 13.4. The van der Waals surface area contributed by atoms with Gasteiger partial charge >= 0.3 is 6.09 Å². The van der Waals surface area contributed by atoms with Crippen molar-refractivity contribution >= 4 is 17.5 Å². The highest BCUT2D eigenvalue weighted by molar-refractivity contribution is 5.68. The van der Waals surface area contributed by atoms with E-state index in [4.69, 9.17) is 4.74 Å². The molecule has 0 bridgehead atoms. The standard InChI is InChI=1S/C15H20FN3O4/c1-15(2,3)23-14(20)17-10-6-7-18(9-10)13-5-4-11(19(21)22)8-12(13)16/h4-5,8,10H,6-7,9H2,1-3H3,(H,17,20)/t10-/m0/s1. The van der Waals surface area contributed by atoms with E-state index in [9.17, 15) is 19.3 Å². The minimum absolute atomic E-state index is 0.153. The van der Waals surface area contributed by atoms with Crippen molar-refractivity contribution in [2.45, 2.75) is 38.8 Å². The van der Waals surface area contributed by atoms with Gasteiger partial charge in [-0.3, -0.25) is 10.1 Å². The maximum atomic E-state index is 14.0. The molecule has 1 aliphatic rings. The van der Waals surface area contributed by atoms with Gasteiger partial charge in [0.1, 0.15) is 5.60 Å². The molecule has 2 rings (SSSR count). The van der Waals surface area contributed by atoms with Crippen molar-refractivity contribution < 1.29 is 18.8 Å². The zero-order valence-corrected chi connectivity index (χ0v) is 13.3. The maximum absolute atomic E-state index is 14.0. The molecule has 0 radical (unpaired) electrons. The number of nitrogens with one attached hydrogen (secondary N) is 1. The Hall–Kier alpha value is -2.38. The third kappa shape index (κ3) is 4.54. The molecule has 0 aliphatic carbocycles. The minimum atomic E-state index is -0.642. The molecule has 8 heteroatoms. The molecule has 1 saturated heterocycles. The number of hydrogen-bond acceptors (Lipinski definition) is 5. The maximum Gasteiger partial charge on any atom is 0.407 e. The first-order valence-electron chi connectivity index (χ1n) is 7.34. The SMILES string of the molecule is CC(C)(C)OC(=O)N[C@H]1CCN(c2ccc([N+](=O)[O-])cc2F)C1. The minimum Gasteiger partial charge on any atom is -0.444 e. The number of ether oxygens (including phenoxy) is 1. The number of rotatable bonds is 3. The van der Waals surface area contributed by atoms with Gasteiger partial charge in [-0.05, 0) is 33.3 Å². The third-order valence-corrected chi connectivity index (χ3v) is 3.39. The summed E-state index contributed by atoms with van der Waals surface area (Å²) in [5.74, 6) is -0.642. The fraction of sp³-hybridized carbons (Fsp3) is 0.533. The Kier molecular flexibility index (Phi) is 4.72. The fourth-order valence-electron chi connectivity index (χ4n) is 2.44. The second-order valence-electron chi connectivity index (χ2n) is 6.47. The second kappa shape index (κ2) is 6.39. The molecule has 0 spiro atoms. The number of non-ortho nitro benzene ring substituents is 1. The molecule has 0 unspecified atom stereocenters. The lowest BCUT2D eigenvalue weighted by Gasteiger charge is -2.22. The van der Waals surface area contributed by atoms with Crippen molar-refractivity contribution in [3.05, 3.63) is 34.1 Å². The number of nitrogens with zero attached hydrogens (tertiary/aromatic N) is 2. The number of alkyl carbamates (subject to hydrolysis) is 1. The Morgan fingerprint density at radius 2 is 2.17 bits per heavy atom. The molecule has 7 nitrogen and oxygen atoms in total. The topological polar surface area (TPSA) is 84.7 Å². The molecular weight excluding hydrogens is 305 g/mol. The molecule has 23 heavy (non-hydrogen) atoms. The number of carbonyl (C=O) groups is 1. The molecule has 0 saturated carbocycles. The van der Waals surface area contributed by atoms with Crippen molar-refractivity contribution in [3.63, 3.8) is 0 Å². The monoisotopic (exact) mass is 325 g/mol. The normalized spacial score (nSPS) is 17.9. The van der Waals surface area contributed by atoms with E-state index in [2.05, 4.69) is 5.32 Å². The van der Waals surface area contributed by atoms with E-state index in [1.54, 1.807) is 25.7 Å². The molecule has 1 amide bonds. The summed E-state index contributed by atoms with van der Waals surface area (Å²) in [7, 11) is 0. The molecule has 1 aromatic carbocycles. The summed E-state index contributed by atoms with van der Waals surface area (Å²) in [6.45, 7) is 6.31. The van der Waals surface area contributed by atoms with Crippen LogP contribution >= 0.6 is 0 Å². The van der Waals surface area contributed by atoms with Crippen LogP contribution in [-0.2, 0) is 4.74 Å². The highest BCUT2D eigenvalue weighted by atomic mass is 19.1. The van der Waals surface area contributed by atoms with Gasteiger partial charge in [0.2, 0.25) is 0 Å². The lowest BCUT2D eigenvalue weighted by atomic mass is 10.2. The Labute approximate surface area is 133 Å². The summed E-state index contributed by atoms with van der Waals surface area (Å²) >= 11 is 0. The first-order chi connectivity index (χ1) is 10.7. The van der Waals surface area contributed by atoms with Crippen LogP contribution < -0.4 is 10.2 Å². The molecule has 1 fully saturated rings. The van der Waals surface area contributed by atoms with E-state index in [1.807, 2.05) is 0 Å². The fourth-order valence-corrected chi connectivity index (χ4v) is 2.44. The Morgan fingerprint density at radius 1 is 1.48 bits per heavy atom. The number of halogens is 1. The van der Waals surface area contributed by atoms with Gasteiger partial charge < -0.3 is 15.0 Å². The van der Waals surface area contributed by atoms with E-state index in [0.29, 0.717) is 25.2 Å². The Balaban J connectivity index is 1.97. The molecule has 1 atom stereocenters. The van der Waals surface area contributed by atoms with Gasteiger partial charge in [-0.1, -0.05) is 0 Å². The molecule has 1 N–H and O–H groups in total. The number of carbonyl (C=O) groups excluding carboxylic acids is 1. The summed E-state index contributed by atoms with van der Waals surface area (Å²) in [6.07, 6.45) is 0.142. The molecule has 126 valence electrons. The van der Waals surface area contributed by atoms with Crippen LogP contribution in [0, 0.1) is 15.9 Å². The van der Waals surface area contributed by atoms with Crippen molar-refractivity contribution in [2.24, 2.45) is 0 Å². The van der Waals surface area contributed by atoms with Crippen molar-refractivity contribution in [3.8, 4) is 0 Å². The van der Waals surface area contributed by atoms with Crippen LogP contribution in [0.5, 0.6) is 0 Å². The van der Waals surface area contributed by atoms with Gasteiger partial charge in [-0.15, -0.1) is 0 Å². The molecule has 0 aromatic heterocycles. The van der Waals surface area contributed by atoms with Crippen molar-refractivity contribution in [1.82, 2.24) is 5.32 Å².